The molecule has 0 radical (unpaired) electrons. The Morgan fingerprint density at radius 2 is 2.19 bits per heavy atom. The van der Waals surface area contributed by atoms with Gasteiger partial charge in [-0.25, -0.2) is 9.97 Å². The fraction of sp³-hybridized carbons (Fsp3) is 0.600. The summed E-state index contributed by atoms with van der Waals surface area (Å²) < 4.78 is 5.01. The molecule has 1 aromatic rings. The van der Waals surface area contributed by atoms with E-state index in [2.05, 4.69) is 20.2 Å². The van der Waals surface area contributed by atoms with Crippen LogP contribution in [0.2, 0.25) is 5.15 Å². The van der Waals surface area contributed by atoms with Crippen molar-refractivity contribution in [2.45, 2.75) is 6.61 Å². The Balaban J connectivity index is 2.18. The van der Waals surface area contributed by atoms with E-state index in [9.17, 15) is 0 Å². The van der Waals surface area contributed by atoms with E-state index in [-0.39, 0.29) is 0 Å². The molecule has 1 aromatic heterocycles. The maximum absolute atomic E-state index is 5.96. The van der Waals surface area contributed by atoms with Crippen LogP contribution < -0.4 is 10.2 Å². The SMILES string of the molecule is COCc1nc(Cl)cc(N2CCNCC2)n1. The smallest absolute Gasteiger partial charge is 0.158 e. The lowest BCUT2D eigenvalue weighted by atomic mass is 10.3. The van der Waals surface area contributed by atoms with Crippen LogP contribution in [0.5, 0.6) is 0 Å². The third-order valence-corrected chi connectivity index (χ3v) is 2.64. The summed E-state index contributed by atoms with van der Waals surface area (Å²) in [6.07, 6.45) is 0. The molecule has 1 fully saturated rings. The summed E-state index contributed by atoms with van der Waals surface area (Å²) in [7, 11) is 1.62. The maximum atomic E-state index is 5.96. The van der Waals surface area contributed by atoms with Crippen molar-refractivity contribution in [3.63, 3.8) is 0 Å². The van der Waals surface area contributed by atoms with Crippen LogP contribution in [0.3, 0.4) is 0 Å². The van der Waals surface area contributed by atoms with Gasteiger partial charge in [-0.15, -0.1) is 0 Å². The molecule has 0 saturated carbocycles. The fourth-order valence-corrected chi connectivity index (χ4v) is 1.90. The molecule has 0 aliphatic carbocycles. The van der Waals surface area contributed by atoms with Crippen molar-refractivity contribution in [2.75, 3.05) is 38.2 Å². The summed E-state index contributed by atoms with van der Waals surface area (Å²) in [5.41, 5.74) is 0. The normalized spacial score (nSPS) is 16.5. The molecular weight excluding hydrogens is 228 g/mol. The number of piperazine rings is 1. The van der Waals surface area contributed by atoms with E-state index in [4.69, 9.17) is 16.3 Å². The predicted octanol–water partition coefficient (Wildman–Crippen LogP) is 0.686. The summed E-state index contributed by atoms with van der Waals surface area (Å²) in [6, 6.07) is 1.80. The van der Waals surface area contributed by atoms with Gasteiger partial charge in [0.15, 0.2) is 5.82 Å². The van der Waals surface area contributed by atoms with Crippen LogP contribution >= 0.6 is 11.6 Å². The van der Waals surface area contributed by atoms with Gasteiger partial charge in [0.2, 0.25) is 0 Å². The van der Waals surface area contributed by atoms with Crippen molar-refractivity contribution in [3.05, 3.63) is 17.0 Å². The van der Waals surface area contributed by atoms with Gasteiger partial charge < -0.3 is 15.0 Å². The van der Waals surface area contributed by atoms with Crippen molar-refractivity contribution >= 4 is 17.4 Å². The van der Waals surface area contributed by atoms with Crippen LogP contribution in [0.25, 0.3) is 0 Å². The first-order valence-corrected chi connectivity index (χ1v) is 5.65. The molecule has 5 nitrogen and oxygen atoms in total. The minimum atomic E-state index is 0.389. The van der Waals surface area contributed by atoms with Crippen molar-refractivity contribution in [2.24, 2.45) is 0 Å². The molecule has 6 heteroatoms. The highest BCUT2D eigenvalue weighted by Gasteiger charge is 2.13. The average molecular weight is 243 g/mol. The van der Waals surface area contributed by atoms with Crippen molar-refractivity contribution in [3.8, 4) is 0 Å². The largest absolute Gasteiger partial charge is 0.377 e. The number of ether oxygens (including phenoxy) is 1. The average Bonchev–Trinajstić information content (AvgIpc) is 2.30. The van der Waals surface area contributed by atoms with Crippen LogP contribution in [-0.4, -0.2) is 43.3 Å². The number of rotatable bonds is 3. The van der Waals surface area contributed by atoms with Crippen molar-refractivity contribution in [1.82, 2.24) is 15.3 Å². The molecule has 2 heterocycles. The van der Waals surface area contributed by atoms with Gasteiger partial charge in [0.05, 0.1) is 0 Å². The molecule has 0 atom stereocenters. The molecule has 88 valence electrons. The van der Waals surface area contributed by atoms with E-state index in [0.29, 0.717) is 17.6 Å². The number of hydrogen-bond acceptors (Lipinski definition) is 5. The Morgan fingerprint density at radius 3 is 2.88 bits per heavy atom. The summed E-state index contributed by atoms with van der Waals surface area (Å²) in [5, 5.41) is 3.76. The van der Waals surface area contributed by atoms with Gasteiger partial charge in [-0.1, -0.05) is 11.6 Å². The monoisotopic (exact) mass is 242 g/mol. The fourth-order valence-electron chi connectivity index (χ4n) is 1.70. The molecule has 2 rings (SSSR count). The molecule has 0 bridgehead atoms. The topological polar surface area (TPSA) is 50.3 Å². The van der Waals surface area contributed by atoms with Crippen LogP contribution in [-0.2, 0) is 11.3 Å². The second-order valence-electron chi connectivity index (χ2n) is 3.64. The van der Waals surface area contributed by atoms with Gasteiger partial charge in [-0.05, 0) is 0 Å². The number of hydrogen-bond donors (Lipinski definition) is 1. The van der Waals surface area contributed by atoms with Crippen molar-refractivity contribution in [1.29, 1.82) is 0 Å². The number of halogens is 1. The number of aromatic nitrogens is 2. The second-order valence-corrected chi connectivity index (χ2v) is 4.02. The molecule has 0 spiro atoms. The number of anilines is 1. The van der Waals surface area contributed by atoms with Gasteiger partial charge in [0.25, 0.3) is 0 Å². The summed E-state index contributed by atoms with van der Waals surface area (Å²) in [4.78, 5) is 10.7. The lowest BCUT2D eigenvalue weighted by molar-refractivity contribution is 0.178. The van der Waals surface area contributed by atoms with Gasteiger partial charge in [-0.3, -0.25) is 0 Å². The van der Waals surface area contributed by atoms with E-state index in [0.717, 1.165) is 32.0 Å². The van der Waals surface area contributed by atoms with Crippen LogP contribution in [0.4, 0.5) is 5.82 Å². The molecule has 1 N–H and O–H groups in total. The van der Waals surface area contributed by atoms with Gasteiger partial charge in [0.1, 0.15) is 17.6 Å². The standard InChI is InChI=1S/C10H15ClN4O/c1-16-7-9-13-8(11)6-10(14-9)15-4-2-12-3-5-15/h6,12H,2-5,7H2,1H3. The van der Waals surface area contributed by atoms with Gasteiger partial charge in [-0.2, -0.15) is 0 Å². The summed E-state index contributed by atoms with van der Waals surface area (Å²) in [5.74, 6) is 1.51. The number of nitrogens with one attached hydrogen (secondary N) is 1. The molecule has 0 unspecified atom stereocenters. The van der Waals surface area contributed by atoms with Crippen LogP contribution in [0.15, 0.2) is 6.07 Å². The molecule has 1 aliphatic rings. The van der Waals surface area contributed by atoms with E-state index < -0.39 is 0 Å². The third kappa shape index (κ3) is 2.81. The lowest BCUT2D eigenvalue weighted by Gasteiger charge is -2.28. The first kappa shape index (κ1) is 11.6. The Labute approximate surface area is 99.8 Å². The predicted molar refractivity (Wildman–Crippen MR) is 62.8 cm³/mol. The molecule has 16 heavy (non-hydrogen) atoms. The van der Waals surface area contributed by atoms with Crippen LogP contribution in [0, 0.1) is 0 Å². The summed E-state index contributed by atoms with van der Waals surface area (Å²) in [6.45, 7) is 4.22. The Bertz CT molecular complexity index is 355. The second kappa shape index (κ2) is 5.43. The Morgan fingerprint density at radius 1 is 1.44 bits per heavy atom. The van der Waals surface area contributed by atoms with E-state index in [1.807, 2.05) is 0 Å². The Hall–Kier alpha value is -0.910. The van der Waals surface area contributed by atoms with Crippen molar-refractivity contribution < 1.29 is 4.74 Å². The highest BCUT2D eigenvalue weighted by atomic mass is 35.5. The van der Waals surface area contributed by atoms with Gasteiger partial charge >= 0.3 is 0 Å². The molecule has 1 aliphatic heterocycles. The highest BCUT2D eigenvalue weighted by molar-refractivity contribution is 6.29. The lowest BCUT2D eigenvalue weighted by Crippen LogP contribution is -2.44. The first-order chi connectivity index (χ1) is 7.79. The Kier molecular flexibility index (Phi) is 3.93. The maximum Gasteiger partial charge on any atom is 0.158 e. The molecule has 0 aromatic carbocycles. The molecular formula is C10H15ClN4O. The zero-order valence-corrected chi connectivity index (χ0v) is 10.00. The quantitative estimate of drug-likeness (QED) is 0.791. The highest BCUT2D eigenvalue weighted by Crippen LogP contribution is 2.16. The minimum Gasteiger partial charge on any atom is -0.377 e. The number of methoxy groups -OCH3 is 1. The summed E-state index contributed by atoms with van der Waals surface area (Å²) >= 11 is 5.96. The van der Waals surface area contributed by atoms with E-state index in [1.165, 1.54) is 0 Å². The van der Waals surface area contributed by atoms with Gasteiger partial charge in [0, 0.05) is 39.4 Å². The van der Waals surface area contributed by atoms with Crippen LogP contribution in [0.1, 0.15) is 5.82 Å². The zero-order chi connectivity index (χ0) is 11.4. The van der Waals surface area contributed by atoms with E-state index in [1.54, 1.807) is 13.2 Å². The first-order valence-electron chi connectivity index (χ1n) is 5.27. The minimum absolute atomic E-state index is 0.389. The zero-order valence-electron chi connectivity index (χ0n) is 9.24. The number of nitrogens with zero attached hydrogens (tertiary/aromatic N) is 3. The molecule has 1 saturated heterocycles. The third-order valence-electron chi connectivity index (χ3n) is 2.44. The molecule has 0 amide bonds. The van der Waals surface area contributed by atoms with E-state index >= 15 is 0 Å².